The molecule has 3 rings (SSSR count). The van der Waals surface area contributed by atoms with Crippen LogP contribution in [0.1, 0.15) is 44.0 Å². The Morgan fingerprint density at radius 1 is 1.53 bits per heavy atom. The summed E-state index contributed by atoms with van der Waals surface area (Å²) >= 11 is 0. The van der Waals surface area contributed by atoms with Gasteiger partial charge in [0.1, 0.15) is 0 Å². The maximum atomic E-state index is 4.71. The fourth-order valence-electron chi connectivity index (χ4n) is 2.85. The predicted octanol–water partition coefficient (Wildman–Crippen LogP) is 1.89. The fraction of sp³-hybridized carbons (Fsp3) is 0.750. The van der Waals surface area contributed by atoms with Crippen LogP contribution in [0.15, 0.2) is 6.20 Å². The highest BCUT2D eigenvalue weighted by molar-refractivity contribution is 5.27. The van der Waals surface area contributed by atoms with Gasteiger partial charge < -0.3 is 5.32 Å². The van der Waals surface area contributed by atoms with Gasteiger partial charge in [-0.3, -0.25) is 4.68 Å². The van der Waals surface area contributed by atoms with Crippen molar-refractivity contribution in [3.8, 4) is 0 Å². The molecule has 2 aliphatic heterocycles. The van der Waals surface area contributed by atoms with Gasteiger partial charge in [0.2, 0.25) is 0 Å². The Bertz CT molecular complexity index is 367. The standard InChI is InChI=1S/C12H19N3/c1-8(2)6-15-7-10-11-4-3-9(13-11)5-12(10)14-15/h7-9,11,13H,3-6H2,1-2H3/t9-,11-/m1/s1. The quantitative estimate of drug-likeness (QED) is 0.799. The molecule has 82 valence electrons. The van der Waals surface area contributed by atoms with Crippen LogP contribution in [-0.4, -0.2) is 15.8 Å². The molecular formula is C12H19N3. The van der Waals surface area contributed by atoms with Gasteiger partial charge in [-0.15, -0.1) is 0 Å². The van der Waals surface area contributed by atoms with E-state index in [2.05, 4.69) is 30.0 Å². The molecule has 1 N–H and O–H groups in total. The molecule has 0 radical (unpaired) electrons. The summed E-state index contributed by atoms with van der Waals surface area (Å²) in [5, 5.41) is 8.37. The number of fused-ring (bicyclic) bond motifs is 4. The van der Waals surface area contributed by atoms with Crippen molar-refractivity contribution in [2.45, 2.75) is 51.7 Å². The van der Waals surface area contributed by atoms with Crippen LogP contribution in [0.5, 0.6) is 0 Å². The van der Waals surface area contributed by atoms with Crippen LogP contribution < -0.4 is 5.32 Å². The summed E-state index contributed by atoms with van der Waals surface area (Å²) in [6.07, 6.45) is 6.02. The first-order chi connectivity index (χ1) is 7.22. The maximum Gasteiger partial charge on any atom is 0.0687 e. The molecule has 0 aromatic carbocycles. The number of nitrogens with zero attached hydrogens (tertiary/aromatic N) is 2. The molecule has 3 nitrogen and oxygen atoms in total. The van der Waals surface area contributed by atoms with Gasteiger partial charge in [-0.2, -0.15) is 5.10 Å². The Morgan fingerprint density at radius 2 is 2.40 bits per heavy atom. The van der Waals surface area contributed by atoms with Crippen LogP contribution in [0.3, 0.4) is 0 Å². The molecule has 0 unspecified atom stereocenters. The first kappa shape index (κ1) is 9.40. The Hall–Kier alpha value is -0.830. The molecule has 0 amide bonds. The summed E-state index contributed by atoms with van der Waals surface area (Å²) in [5.41, 5.74) is 2.81. The lowest BCUT2D eigenvalue weighted by atomic mass is 10.0. The van der Waals surface area contributed by atoms with Gasteiger partial charge in [0.05, 0.1) is 5.69 Å². The van der Waals surface area contributed by atoms with Gasteiger partial charge in [-0.05, 0) is 18.8 Å². The largest absolute Gasteiger partial charge is 0.307 e. The molecule has 3 heterocycles. The molecule has 2 aliphatic rings. The van der Waals surface area contributed by atoms with E-state index in [1.165, 1.54) is 24.1 Å². The lowest BCUT2D eigenvalue weighted by Crippen LogP contribution is -2.31. The van der Waals surface area contributed by atoms with Crippen molar-refractivity contribution in [1.82, 2.24) is 15.1 Å². The van der Waals surface area contributed by atoms with Crippen molar-refractivity contribution >= 4 is 0 Å². The molecule has 2 bridgehead atoms. The predicted molar refractivity (Wildman–Crippen MR) is 59.7 cm³/mol. The summed E-state index contributed by atoms with van der Waals surface area (Å²) < 4.78 is 2.14. The zero-order chi connectivity index (χ0) is 10.4. The average Bonchev–Trinajstić information content (AvgIpc) is 2.71. The second kappa shape index (κ2) is 3.34. The zero-order valence-electron chi connectivity index (χ0n) is 9.53. The van der Waals surface area contributed by atoms with E-state index >= 15 is 0 Å². The number of aromatic nitrogens is 2. The van der Waals surface area contributed by atoms with Crippen LogP contribution in [0.4, 0.5) is 0 Å². The molecule has 15 heavy (non-hydrogen) atoms. The van der Waals surface area contributed by atoms with Crippen molar-refractivity contribution in [1.29, 1.82) is 0 Å². The molecule has 0 saturated carbocycles. The SMILES string of the molecule is CC(C)Cn1cc2c(n1)C[C@H]1CC[C@H]2N1. The number of rotatable bonds is 2. The summed E-state index contributed by atoms with van der Waals surface area (Å²) in [4.78, 5) is 0. The molecule has 1 aromatic rings. The summed E-state index contributed by atoms with van der Waals surface area (Å²) in [7, 11) is 0. The Balaban J connectivity index is 1.89. The lowest BCUT2D eigenvalue weighted by molar-refractivity contribution is 0.475. The first-order valence-corrected chi connectivity index (χ1v) is 6.04. The first-order valence-electron chi connectivity index (χ1n) is 6.04. The molecule has 0 spiro atoms. The molecule has 3 heteroatoms. The number of hydrogen-bond acceptors (Lipinski definition) is 2. The molecule has 1 aromatic heterocycles. The minimum atomic E-state index is 0.597. The molecular weight excluding hydrogens is 186 g/mol. The van der Waals surface area contributed by atoms with Crippen molar-refractivity contribution in [2.24, 2.45) is 5.92 Å². The minimum Gasteiger partial charge on any atom is -0.307 e. The van der Waals surface area contributed by atoms with Crippen molar-refractivity contribution in [2.75, 3.05) is 0 Å². The molecule has 0 aliphatic carbocycles. The molecule has 1 saturated heterocycles. The Kier molecular flexibility index (Phi) is 2.09. The smallest absolute Gasteiger partial charge is 0.0687 e. The summed E-state index contributed by atoms with van der Waals surface area (Å²) in [6, 6.07) is 1.30. The van der Waals surface area contributed by atoms with Crippen LogP contribution in [-0.2, 0) is 13.0 Å². The summed E-state index contributed by atoms with van der Waals surface area (Å²) in [6.45, 7) is 5.53. The second-order valence-electron chi connectivity index (χ2n) is 5.34. The van der Waals surface area contributed by atoms with Crippen LogP contribution in [0.2, 0.25) is 0 Å². The van der Waals surface area contributed by atoms with E-state index in [9.17, 15) is 0 Å². The van der Waals surface area contributed by atoms with E-state index in [0.29, 0.717) is 18.0 Å². The Morgan fingerprint density at radius 3 is 3.20 bits per heavy atom. The van der Waals surface area contributed by atoms with E-state index in [-0.39, 0.29) is 0 Å². The second-order valence-corrected chi connectivity index (χ2v) is 5.34. The lowest BCUT2D eigenvalue weighted by Gasteiger charge is -2.19. The van der Waals surface area contributed by atoms with Gasteiger partial charge in [-0.1, -0.05) is 13.8 Å². The normalized spacial score (nSPS) is 28.5. The molecule has 1 fully saturated rings. The minimum absolute atomic E-state index is 0.597. The van der Waals surface area contributed by atoms with Gasteiger partial charge in [0.25, 0.3) is 0 Å². The monoisotopic (exact) mass is 205 g/mol. The van der Waals surface area contributed by atoms with E-state index in [4.69, 9.17) is 5.10 Å². The summed E-state index contributed by atoms with van der Waals surface area (Å²) in [5.74, 6) is 0.677. The fourth-order valence-corrected chi connectivity index (χ4v) is 2.85. The third-order valence-electron chi connectivity index (χ3n) is 3.48. The van der Waals surface area contributed by atoms with Gasteiger partial charge in [0.15, 0.2) is 0 Å². The number of hydrogen-bond donors (Lipinski definition) is 1. The van der Waals surface area contributed by atoms with Gasteiger partial charge in [-0.25, -0.2) is 0 Å². The third kappa shape index (κ3) is 1.59. The van der Waals surface area contributed by atoms with Crippen LogP contribution in [0.25, 0.3) is 0 Å². The highest BCUT2D eigenvalue weighted by atomic mass is 15.3. The Labute approximate surface area is 90.9 Å². The maximum absolute atomic E-state index is 4.71. The van der Waals surface area contributed by atoms with Crippen molar-refractivity contribution in [3.63, 3.8) is 0 Å². The zero-order valence-corrected chi connectivity index (χ0v) is 9.53. The van der Waals surface area contributed by atoms with E-state index in [0.717, 1.165) is 13.0 Å². The molecule has 2 atom stereocenters. The highest BCUT2D eigenvalue weighted by Crippen LogP contribution is 2.35. The topological polar surface area (TPSA) is 29.9 Å². The van der Waals surface area contributed by atoms with Gasteiger partial charge >= 0.3 is 0 Å². The van der Waals surface area contributed by atoms with Crippen LogP contribution in [0, 0.1) is 5.92 Å². The highest BCUT2D eigenvalue weighted by Gasteiger charge is 2.34. The van der Waals surface area contributed by atoms with Gasteiger partial charge in [0, 0.05) is 36.8 Å². The number of nitrogens with one attached hydrogen (secondary N) is 1. The van der Waals surface area contributed by atoms with Crippen molar-refractivity contribution in [3.05, 3.63) is 17.5 Å². The van der Waals surface area contributed by atoms with Crippen LogP contribution >= 0.6 is 0 Å². The van der Waals surface area contributed by atoms with Crippen molar-refractivity contribution < 1.29 is 0 Å². The average molecular weight is 205 g/mol. The van der Waals surface area contributed by atoms with E-state index < -0.39 is 0 Å². The third-order valence-corrected chi connectivity index (χ3v) is 3.48. The van der Waals surface area contributed by atoms with E-state index in [1.807, 2.05) is 0 Å². The van der Waals surface area contributed by atoms with E-state index in [1.54, 1.807) is 0 Å².